The van der Waals surface area contributed by atoms with Gasteiger partial charge in [-0.3, -0.25) is 0 Å². The molecule has 9 rings (SSSR count). The van der Waals surface area contributed by atoms with Crippen LogP contribution in [0.3, 0.4) is 0 Å². The van der Waals surface area contributed by atoms with Crippen molar-refractivity contribution in [3.63, 3.8) is 0 Å². The van der Waals surface area contributed by atoms with E-state index in [0.717, 1.165) is 9.52 Å². The molecule has 60 heavy (non-hydrogen) atoms. The predicted molar refractivity (Wildman–Crippen MR) is 263 cm³/mol. The van der Waals surface area contributed by atoms with Crippen LogP contribution in [0.4, 0.5) is 0 Å². The monoisotopic (exact) mass is 917 g/mol. The largest absolute Gasteiger partial charge is 0.184 e. The zero-order valence-corrected chi connectivity index (χ0v) is 41.8. The Labute approximate surface area is 381 Å². The second-order valence-electron chi connectivity index (χ2n) is 17.1. The van der Waals surface area contributed by atoms with Gasteiger partial charge in [-0.2, -0.15) is 41.6 Å². The van der Waals surface area contributed by atoms with Crippen LogP contribution in [0.25, 0.3) is 54.9 Å². The molecule has 0 amide bonds. The minimum atomic E-state index is -0.826. The Balaban J connectivity index is 0.000000150. The van der Waals surface area contributed by atoms with E-state index < -0.39 is 20.8 Å². The SMILES string of the molecule is Cc1ccc2[cH-]c(C(C)C)cc2c1-c1ccccc1C(C)C.Cc1ccc2[cH-]c(C(C)C)cc2c1-c1ccccc1C(C)C.[Cl][Zr][Cl].[c-]1cccc2c1[Si]c1ccccc1-2. The summed E-state index contributed by atoms with van der Waals surface area (Å²) in [4.78, 5) is 0. The molecule has 306 valence electrons. The Morgan fingerprint density at radius 3 is 1.37 bits per heavy atom. The molecule has 0 N–H and O–H groups in total. The third-order valence-corrected chi connectivity index (χ3v) is 13.0. The molecule has 0 saturated heterocycles. The van der Waals surface area contributed by atoms with Gasteiger partial charge in [-0.15, -0.1) is 74.6 Å². The normalized spacial score (nSPS) is 11.5. The van der Waals surface area contributed by atoms with Crippen molar-refractivity contribution >= 4 is 58.5 Å². The molecule has 1 aliphatic rings. The van der Waals surface area contributed by atoms with Crippen LogP contribution in [0.2, 0.25) is 0 Å². The van der Waals surface area contributed by atoms with Crippen LogP contribution in [-0.4, -0.2) is 9.52 Å². The first-order chi connectivity index (χ1) is 28.8. The van der Waals surface area contributed by atoms with E-state index in [1.807, 2.05) is 6.07 Å². The van der Waals surface area contributed by atoms with Gasteiger partial charge in [0.1, 0.15) is 0 Å². The van der Waals surface area contributed by atoms with Gasteiger partial charge in [-0.05, 0) is 59.8 Å². The van der Waals surface area contributed by atoms with E-state index in [-0.39, 0.29) is 0 Å². The van der Waals surface area contributed by atoms with Gasteiger partial charge in [-0.25, -0.2) is 0 Å². The van der Waals surface area contributed by atoms with Crippen LogP contribution >= 0.6 is 17.0 Å². The van der Waals surface area contributed by atoms with Crippen molar-refractivity contribution < 1.29 is 20.8 Å². The molecule has 1 aliphatic heterocycles. The van der Waals surface area contributed by atoms with Crippen molar-refractivity contribution in [2.75, 3.05) is 0 Å². The topological polar surface area (TPSA) is 0 Å². The molecule has 0 fully saturated rings. The molecular formula is C56H57Cl2SiZr-3. The smallest absolute Gasteiger partial charge is 0.0920 e. The summed E-state index contributed by atoms with van der Waals surface area (Å²) in [6, 6.07) is 54.4. The van der Waals surface area contributed by atoms with Crippen LogP contribution in [0.15, 0.2) is 140 Å². The Morgan fingerprint density at radius 1 is 0.500 bits per heavy atom. The first-order valence-corrected chi connectivity index (χ1v) is 28.6. The Bertz CT molecular complexity index is 2490. The minimum Gasteiger partial charge on any atom is -0.184 e. The molecule has 8 aromatic carbocycles. The number of halogens is 2. The maximum Gasteiger partial charge on any atom is 0.0920 e. The van der Waals surface area contributed by atoms with Crippen molar-refractivity contribution in [2.24, 2.45) is 0 Å². The van der Waals surface area contributed by atoms with Crippen molar-refractivity contribution in [1.82, 2.24) is 0 Å². The molecule has 0 aromatic heterocycles. The summed E-state index contributed by atoms with van der Waals surface area (Å²) in [6.45, 7) is 22.6. The first kappa shape index (κ1) is 45.7. The third-order valence-electron chi connectivity index (χ3n) is 11.6. The fourth-order valence-electron chi connectivity index (χ4n) is 8.39. The zero-order chi connectivity index (χ0) is 43.1. The minimum absolute atomic E-state index is 0.533. The Kier molecular flexibility index (Phi) is 15.9. The van der Waals surface area contributed by atoms with Crippen LogP contribution < -0.4 is 10.4 Å². The average molecular weight is 920 g/mol. The summed E-state index contributed by atoms with van der Waals surface area (Å²) in [6.07, 6.45) is 0. The van der Waals surface area contributed by atoms with E-state index in [1.54, 1.807) is 0 Å². The summed E-state index contributed by atoms with van der Waals surface area (Å²) in [5, 5.41) is 8.35. The number of aryl methyl sites for hydroxylation is 2. The quantitative estimate of drug-likeness (QED) is 0.115. The van der Waals surface area contributed by atoms with Gasteiger partial charge in [0.05, 0.1) is 9.52 Å². The van der Waals surface area contributed by atoms with Gasteiger partial charge < -0.3 is 0 Å². The maximum absolute atomic E-state index is 4.93. The van der Waals surface area contributed by atoms with Crippen LogP contribution in [0, 0.1) is 19.9 Å². The summed E-state index contributed by atoms with van der Waals surface area (Å²) in [5.74, 6) is 2.21. The average Bonchev–Trinajstić information content (AvgIpc) is 3.98. The molecule has 0 unspecified atom stereocenters. The van der Waals surface area contributed by atoms with Gasteiger partial charge >= 0.3 is 37.9 Å². The van der Waals surface area contributed by atoms with Crippen molar-refractivity contribution in [3.8, 4) is 33.4 Å². The van der Waals surface area contributed by atoms with Crippen LogP contribution in [0.1, 0.15) is 112 Å². The second kappa shape index (κ2) is 20.9. The van der Waals surface area contributed by atoms with Gasteiger partial charge in [0, 0.05) is 0 Å². The Hall–Kier alpha value is -3.78. The molecule has 0 aliphatic carbocycles. The number of rotatable bonds is 6. The number of hydrogen-bond donors (Lipinski definition) is 0. The van der Waals surface area contributed by atoms with Crippen LogP contribution in [-0.2, 0) is 20.8 Å². The molecule has 2 radical (unpaired) electrons. The zero-order valence-electron chi connectivity index (χ0n) is 36.8. The van der Waals surface area contributed by atoms with E-state index >= 15 is 0 Å². The third kappa shape index (κ3) is 10.3. The van der Waals surface area contributed by atoms with Gasteiger partial charge in [-0.1, -0.05) is 161 Å². The van der Waals surface area contributed by atoms with Crippen molar-refractivity contribution in [2.45, 2.75) is 92.9 Å². The second-order valence-corrected chi connectivity index (χ2v) is 22.1. The molecule has 0 bridgehead atoms. The summed E-state index contributed by atoms with van der Waals surface area (Å²) in [7, 11) is 10.7. The van der Waals surface area contributed by atoms with Gasteiger partial charge in [0.25, 0.3) is 0 Å². The van der Waals surface area contributed by atoms with E-state index in [1.165, 1.54) is 98.7 Å². The summed E-state index contributed by atoms with van der Waals surface area (Å²) in [5.41, 5.74) is 16.8. The van der Waals surface area contributed by atoms with E-state index in [2.05, 4.69) is 209 Å². The maximum atomic E-state index is 4.93. The number of hydrogen-bond acceptors (Lipinski definition) is 0. The Morgan fingerprint density at radius 2 is 0.917 bits per heavy atom. The standard InChI is InChI=1S/2C22H25.C12H7Si.2ClH.Zr/c2*1-14(2)18-12-17-11-10-16(5)22(21(17)13-18)20-9-7-6-8-19(20)15(3)4;1-3-7-11-9(5-1)10-6-2-4-8-12(10)13-11;;;/h2*6-15H,1-5H3;1-7H;2*1H;/q3*-1;;;+2/p-2. The number of benzene rings is 6. The van der Waals surface area contributed by atoms with Gasteiger partial charge in [0.15, 0.2) is 0 Å². The molecule has 4 heteroatoms. The fourth-order valence-corrected chi connectivity index (χ4v) is 9.70. The fraction of sp³-hybridized carbons (Fsp3) is 0.250. The summed E-state index contributed by atoms with van der Waals surface area (Å²) < 4.78 is 0. The van der Waals surface area contributed by atoms with E-state index in [0.29, 0.717) is 23.7 Å². The van der Waals surface area contributed by atoms with Crippen LogP contribution in [0.5, 0.6) is 0 Å². The molecule has 8 aromatic rings. The molecule has 0 atom stereocenters. The van der Waals surface area contributed by atoms with E-state index in [4.69, 9.17) is 17.0 Å². The predicted octanol–water partition coefficient (Wildman–Crippen LogP) is 16.1. The molecular weight excluding hydrogens is 863 g/mol. The van der Waals surface area contributed by atoms with Crippen molar-refractivity contribution in [1.29, 1.82) is 0 Å². The van der Waals surface area contributed by atoms with Gasteiger partial charge in [0.2, 0.25) is 0 Å². The van der Waals surface area contributed by atoms with Crippen molar-refractivity contribution in [3.05, 3.63) is 179 Å². The molecule has 0 spiro atoms. The first-order valence-electron chi connectivity index (χ1n) is 21.3. The number of fused-ring (bicyclic) bond motifs is 5. The molecule has 0 saturated carbocycles. The summed E-state index contributed by atoms with van der Waals surface area (Å²) >= 11 is -0.826. The van der Waals surface area contributed by atoms with E-state index in [9.17, 15) is 0 Å². The molecule has 1 heterocycles. The molecule has 0 nitrogen and oxygen atoms in total.